The summed E-state index contributed by atoms with van der Waals surface area (Å²) in [6.45, 7) is 0. The first kappa shape index (κ1) is 7.91. The highest BCUT2D eigenvalue weighted by Gasteiger charge is 2.60. The smallest absolute Gasteiger partial charge is 0.324 e. The van der Waals surface area contributed by atoms with E-state index in [9.17, 15) is 13.7 Å². The quantitative estimate of drug-likeness (QED) is 0.481. The number of carbonyl (C=O) groups is 1. The highest BCUT2D eigenvalue weighted by atomic mass is 19.2. The molecule has 2 rings (SSSR count). The van der Waals surface area contributed by atoms with Gasteiger partial charge in [0.1, 0.15) is 6.04 Å². The van der Waals surface area contributed by atoms with E-state index in [1.165, 1.54) is 0 Å². The molecule has 2 aliphatic rings. The van der Waals surface area contributed by atoms with E-state index in [1.807, 2.05) is 0 Å². The van der Waals surface area contributed by atoms with Gasteiger partial charge in [0.25, 0.3) is 0 Å². The van der Waals surface area contributed by atoms with Crippen LogP contribution in [0.3, 0.4) is 0 Å². The van der Waals surface area contributed by atoms with E-state index in [0.717, 1.165) is 0 Å². The van der Waals surface area contributed by atoms with E-state index in [0.29, 0.717) is 6.42 Å². The topological polar surface area (TPSA) is 40.5 Å². The Morgan fingerprint density at radius 2 is 2.33 bits per heavy atom. The average molecular weight is 177 g/mol. The Hall–Kier alpha value is -0.710. The lowest BCUT2D eigenvalue weighted by atomic mass is 10.0. The summed E-state index contributed by atoms with van der Waals surface area (Å²) in [6.07, 6.45) is 0.631. The molecule has 5 heteroatoms. The van der Waals surface area contributed by atoms with Crippen LogP contribution in [0.25, 0.3) is 0 Å². The highest BCUT2D eigenvalue weighted by molar-refractivity contribution is 5.74. The first-order chi connectivity index (χ1) is 5.54. The maximum Gasteiger partial charge on any atom is 0.324 e. The van der Waals surface area contributed by atoms with Crippen LogP contribution in [0.1, 0.15) is 19.3 Å². The third kappa shape index (κ3) is 0.798. The molecule has 1 saturated carbocycles. The number of nitrogens with zero attached hydrogens (tertiary/aromatic N) is 1. The van der Waals surface area contributed by atoms with Gasteiger partial charge >= 0.3 is 5.97 Å². The molecular formula is C7H9F2NO2. The van der Waals surface area contributed by atoms with Crippen LogP contribution in [0, 0.1) is 5.92 Å². The van der Waals surface area contributed by atoms with E-state index in [1.54, 1.807) is 0 Å². The molecule has 2 fully saturated rings. The summed E-state index contributed by atoms with van der Waals surface area (Å²) in [4.78, 5) is 10.5. The van der Waals surface area contributed by atoms with Crippen molar-refractivity contribution in [3.63, 3.8) is 0 Å². The third-order valence-electron chi connectivity index (χ3n) is 2.80. The summed E-state index contributed by atoms with van der Waals surface area (Å²) in [6, 6.07) is -1.26. The van der Waals surface area contributed by atoms with Crippen LogP contribution < -0.4 is 0 Å². The Kier molecular flexibility index (Phi) is 1.42. The number of rotatable bonds is 1. The molecule has 68 valence electrons. The number of carboxylic acid groups (broad SMARTS) is 1. The van der Waals surface area contributed by atoms with Gasteiger partial charge in [-0.1, -0.05) is 5.12 Å². The summed E-state index contributed by atoms with van der Waals surface area (Å²) in [5, 5.41) is 8.45. The molecule has 1 aliphatic carbocycles. The molecule has 0 aromatic rings. The standard InChI is InChI=1S/C7H9F2NO2/c8-7-2-1-4(3-7)5(6(11)12)10(7)9/h4-5H,1-3H2,(H,11,12). The Bertz CT molecular complexity index is 235. The maximum absolute atomic E-state index is 13.4. The molecule has 0 aromatic carbocycles. The fourth-order valence-electron chi connectivity index (χ4n) is 2.21. The van der Waals surface area contributed by atoms with Gasteiger partial charge in [-0.3, -0.25) is 4.79 Å². The molecule has 12 heavy (non-hydrogen) atoms. The van der Waals surface area contributed by atoms with E-state index in [-0.39, 0.29) is 23.9 Å². The molecule has 0 amide bonds. The Labute approximate surface area is 67.9 Å². The highest BCUT2D eigenvalue weighted by Crippen LogP contribution is 2.51. The van der Waals surface area contributed by atoms with E-state index in [2.05, 4.69) is 0 Å². The SMILES string of the molecule is O=C(O)C1C2CCC(F)(C2)N1F. The molecule has 0 radical (unpaired) electrons. The van der Waals surface area contributed by atoms with Gasteiger partial charge in [-0.15, -0.1) is 4.48 Å². The van der Waals surface area contributed by atoms with E-state index < -0.39 is 17.8 Å². The van der Waals surface area contributed by atoms with Gasteiger partial charge in [-0.25, -0.2) is 4.39 Å². The largest absolute Gasteiger partial charge is 0.480 e. The van der Waals surface area contributed by atoms with Crippen LogP contribution in [-0.4, -0.2) is 28.0 Å². The second-order valence-corrected chi connectivity index (χ2v) is 3.52. The zero-order chi connectivity index (χ0) is 8.93. The van der Waals surface area contributed by atoms with Crippen LogP contribution in [0.15, 0.2) is 0 Å². The summed E-state index contributed by atoms with van der Waals surface area (Å²) in [5.41, 5.74) is 0. The van der Waals surface area contributed by atoms with Crippen molar-refractivity contribution >= 4 is 5.97 Å². The van der Waals surface area contributed by atoms with Gasteiger partial charge < -0.3 is 5.11 Å². The molecule has 3 nitrogen and oxygen atoms in total. The van der Waals surface area contributed by atoms with E-state index >= 15 is 0 Å². The van der Waals surface area contributed by atoms with Crippen molar-refractivity contribution in [1.29, 1.82) is 0 Å². The maximum atomic E-state index is 13.4. The predicted molar refractivity (Wildman–Crippen MR) is 35.6 cm³/mol. The van der Waals surface area contributed by atoms with Crippen molar-refractivity contribution in [2.75, 3.05) is 0 Å². The normalized spacial score (nSPS) is 46.8. The van der Waals surface area contributed by atoms with Gasteiger partial charge in [0.05, 0.1) is 0 Å². The van der Waals surface area contributed by atoms with Crippen LogP contribution in [0.2, 0.25) is 0 Å². The van der Waals surface area contributed by atoms with Gasteiger partial charge in [-0.05, 0) is 18.8 Å². The molecule has 1 saturated heterocycles. The minimum absolute atomic E-state index is 0.0282. The fraction of sp³-hybridized carbons (Fsp3) is 0.857. The lowest BCUT2D eigenvalue weighted by Gasteiger charge is -2.27. The lowest BCUT2D eigenvalue weighted by molar-refractivity contribution is -0.185. The Balaban J connectivity index is 2.26. The summed E-state index contributed by atoms with van der Waals surface area (Å²) < 4.78 is 26.4. The number of alkyl halides is 1. The van der Waals surface area contributed by atoms with Crippen LogP contribution in [0.5, 0.6) is 0 Å². The van der Waals surface area contributed by atoms with Gasteiger partial charge in [0, 0.05) is 6.42 Å². The van der Waals surface area contributed by atoms with Gasteiger partial charge in [-0.2, -0.15) is 0 Å². The van der Waals surface area contributed by atoms with Crippen molar-refractivity contribution in [3.05, 3.63) is 0 Å². The predicted octanol–water partition coefficient (Wildman–Crippen LogP) is 1.11. The molecule has 2 bridgehead atoms. The van der Waals surface area contributed by atoms with Crippen molar-refractivity contribution in [3.8, 4) is 0 Å². The fourth-order valence-corrected chi connectivity index (χ4v) is 2.21. The molecule has 3 atom stereocenters. The third-order valence-corrected chi connectivity index (χ3v) is 2.80. The number of fused-ring (bicyclic) bond motifs is 2. The number of carboxylic acids is 1. The molecule has 1 heterocycles. The number of halogens is 2. The summed E-state index contributed by atoms with van der Waals surface area (Å²) in [5.74, 6) is -3.60. The minimum atomic E-state index is -1.99. The second-order valence-electron chi connectivity index (χ2n) is 3.52. The molecule has 0 aromatic heterocycles. The zero-order valence-electron chi connectivity index (χ0n) is 6.33. The van der Waals surface area contributed by atoms with Crippen molar-refractivity contribution in [2.24, 2.45) is 5.92 Å². The Morgan fingerprint density at radius 1 is 1.67 bits per heavy atom. The molecule has 3 unspecified atom stereocenters. The molecule has 0 spiro atoms. The monoisotopic (exact) mass is 177 g/mol. The first-order valence-electron chi connectivity index (χ1n) is 3.91. The van der Waals surface area contributed by atoms with Crippen LogP contribution >= 0.6 is 0 Å². The lowest BCUT2D eigenvalue weighted by Crippen LogP contribution is -2.45. The Morgan fingerprint density at radius 3 is 2.67 bits per heavy atom. The number of piperidine rings is 1. The number of aliphatic carboxylic acids is 1. The molecular weight excluding hydrogens is 168 g/mol. The summed E-state index contributed by atoms with van der Waals surface area (Å²) in [7, 11) is 0. The molecule has 1 N–H and O–H groups in total. The summed E-state index contributed by atoms with van der Waals surface area (Å²) >= 11 is 0. The van der Waals surface area contributed by atoms with Crippen molar-refractivity contribution in [1.82, 2.24) is 5.12 Å². The second kappa shape index (κ2) is 2.16. The molecule has 1 aliphatic heterocycles. The average Bonchev–Trinajstić information content (AvgIpc) is 2.41. The first-order valence-corrected chi connectivity index (χ1v) is 3.91. The zero-order valence-corrected chi connectivity index (χ0v) is 6.33. The van der Waals surface area contributed by atoms with Crippen molar-refractivity contribution < 1.29 is 18.8 Å². The van der Waals surface area contributed by atoms with Gasteiger partial charge in [0.2, 0.25) is 0 Å². The van der Waals surface area contributed by atoms with Crippen molar-refractivity contribution in [2.45, 2.75) is 31.1 Å². The minimum Gasteiger partial charge on any atom is -0.480 e. The van der Waals surface area contributed by atoms with Crippen LogP contribution in [-0.2, 0) is 4.79 Å². The number of hydrogen-bond donors (Lipinski definition) is 1. The van der Waals surface area contributed by atoms with Gasteiger partial charge in [0.15, 0.2) is 5.79 Å². The van der Waals surface area contributed by atoms with Crippen LogP contribution in [0.4, 0.5) is 8.87 Å². The number of hydrogen-bond acceptors (Lipinski definition) is 2. The van der Waals surface area contributed by atoms with E-state index in [4.69, 9.17) is 5.11 Å².